The molecule has 0 amide bonds. The number of carbonyl (C=O) groups is 1. The Morgan fingerprint density at radius 1 is 1.33 bits per heavy atom. The number of hydrogen-bond acceptors (Lipinski definition) is 4. The maximum Gasteiger partial charge on any atom is 0.307 e. The van der Waals surface area contributed by atoms with Crippen LogP contribution in [0.2, 0.25) is 0 Å². The van der Waals surface area contributed by atoms with E-state index in [1.807, 2.05) is 0 Å². The SMILES string of the molecule is O=C(O)Cc1ccc(OC2CCS(=O)(=O)C2)cc1. The van der Waals surface area contributed by atoms with Crippen LogP contribution in [-0.4, -0.2) is 37.1 Å². The molecule has 1 aromatic carbocycles. The number of carboxylic acids is 1. The van der Waals surface area contributed by atoms with Crippen LogP contribution in [0.4, 0.5) is 0 Å². The van der Waals surface area contributed by atoms with Crippen LogP contribution in [0.5, 0.6) is 5.75 Å². The summed E-state index contributed by atoms with van der Waals surface area (Å²) < 4.78 is 28.1. The zero-order valence-electron chi connectivity index (χ0n) is 9.70. The van der Waals surface area contributed by atoms with E-state index in [0.717, 1.165) is 0 Å². The van der Waals surface area contributed by atoms with Crippen molar-refractivity contribution in [2.45, 2.75) is 18.9 Å². The fraction of sp³-hybridized carbons (Fsp3) is 0.417. The molecule has 1 unspecified atom stereocenters. The summed E-state index contributed by atoms with van der Waals surface area (Å²) in [6.07, 6.45) is 0.192. The van der Waals surface area contributed by atoms with Crippen molar-refractivity contribution >= 4 is 15.8 Å². The van der Waals surface area contributed by atoms with Crippen molar-refractivity contribution in [2.75, 3.05) is 11.5 Å². The van der Waals surface area contributed by atoms with Crippen molar-refractivity contribution in [1.82, 2.24) is 0 Å². The second-order valence-corrected chi connectivity index (χ2v) is 6.59. The highest BCUT2D eigenvalue weighted by molar-refractivity contribution is 7.91. The lowest BCUT2D eigenvalue weighted by molar-refractivity contribution is -0.136. The summed E-state index contributed by atoms with van der Waals surface area (Å²) in [5.74, 6) is -0.0738. The van der Waals surface area contributed by atoms with Crippen LogP contribution in [0.25, 0.3) is 0 Å². The van der Waals surface area contributed by atoms with Gasteiger partial charge in [-0.15, -0.1) is 0 Å². The highest BCUT2D eigenvalue weighted by Gasteiger charge is 2.29. The second-order valence-electron chi connectivity index (χ2n) is 4.36. The molecule has 1 N–H and O–H groups in total. The molecule has 5 nitrogen and oxygen atoms in total. The zero-order chi connectivity index (χ0) is 13.2. The molecule has 0 aliphatic carbocycles. The van der Waals surface area contributed by atoms with Crippen molar-refractivity contribution in [2.24, 2.45) is 0 Å². The van der Waals surface area contributed by atoms with E-state index in [2.05, 4.69) is 0 Å². The van der Waals surface area contributed by atoms with Gasteiger partial charge in [-0.05, 0) is 24.1 Å². The summed E-state index contributed by atoms with van der Waals surface area (Å²) in [5.41, 5.74) is 0.689. The normalized spacial score (nSPS) is 21.7. The van der Waals surface area contributed by atoms with Gasteiger partial charge in [0.15, 0.2) is 9.84 Å². The molecule has 1 aliphatic rings. The maximum absolute atomic E-state index is 11.3. The fourth-order valence-corrected chi connectivity index (χ4v) is 3.50. The number of aliphatic carboxylic acids is 1. The van der Waals surface area contributed by atoms with Crippen molar-refractivity contribution in [1.29, 1.82) is 0 Å². The molecule has 0 bridgehead atoms. The summed E-state index contributed by atoms with van der Waals surface area (Å²) in [6.45, 7) is 0. The van der Waals surface area contributed by atoms with Gasteiger partial charge < -0.3 is 9.84 Å². The molecule has 1 saturated heterocycles. The first kappa shape index (κ1) is 12.9. The first-order valence-corrected chi connectivity index (χ1v) is 7.44. The monoisotopic (exact) mass is 270 g/mol. The van der Waals surface area contributed by atoms with Gasteiger partial charge in [0.05, 0.1) is 17.9 Å². The molecule has 1 heterocycles. The number of rotatable bonds is 4. The van der Waals surface area contributed by atoms with E-state index in [-0.39, 0.29) is 24.0 Å². The first-order chi connectivity index (χ1) is 8.44. The molecule has 1 fully saturated rings. The lowest BCUT2D eigenvalue weighted by atomic mass is 10.1. The molecule has 98 valence electrons. The highest BCUT2D eigenvalue weighted by Crippen LogP contribution is 2.20. The smallest absolute Gasteiger partial charge is 0.307 e. The van der Waals surface area contributed by atoms with Crippen LogP contribution in [0.3, 0.4) is 0 Å². The van der Waals surface area contributed by atoms with Crippen LogP contribution < -0.4 is 4.74 Å². The van der Waals surface area contributed by atoms with Gasteiger partial charge in [0.25, 0.3) is 0 Å². The molecule has 6 heteroatoms. The lowest BCUT2D eigenvalue weighted by Crippen LogP contribution is -2.17. The van der Waals surface area contributed by atoms with Crippen molar-refractivity contribution in [3.8, 4) is 5.75 Å². The van der Waals surface area contributed by atoms with Gasteiger partial charge in [0.1, 0.15) is 11.9 Å². The third-order valence-corrected chi connectivity index (χ3v) is 4.51. The average Bonchev–Trinajstić information content (AvgIpc) is 2.60. The molecule has 2 rings (SSSR count). The first-order valence-electron chi connectivity index (χ1n) is 5.62. The Hall–Kier alpha value is -1.56. The Kier molecular flexibility index (Phi) is 3.56. The molecule has 0 saturated carbocycles. The van der Waals surface area contributed by atoms with Crippen LogP contribution >= 0.6 is 0 Å². The van der Waals surface area contributed by atoms with Gasteiger partial charge in [0.2, 0.25) is 0 Å². The van der Waals surface area contributed by atoms with Gasteiger partial charge in [-0.3, -0.25) is 4.79 Å². The molecule has 1 atom stereocenters. The van der Waals surface area contributed by atoms with E-state index in [4.69, 9.17) is 9.84 Å². The summed E-state index contributed by atoms with van der Waals surface area (Å²) in [4.78, 5) is 10.5. The molecular formula is C12H14O5S. The standard InChI is InChI=1S/C12H14O5S/c13-12(14)7-9-1-3-10(4-2-9)17-11-5-6-18(15,16)8-11/h1-4,11H,5-8H2,(H,13,14). The zero-order valence-corrected chi connectivity index (χ0v) is 10.5. The van der Waals surface area contributed by atoms with E-state index in [0.29, 0.717) is 17.7 Å². The topological polar surface area (TPSA) is 80.7 Å². The number of sulfone groups is 1. The predicted octanol–water partition coefficient (Wildman–Crippen LogP) is 0.880. The van der Waals surface area contributed by atoms with Crippen LogP contribution in [-0.2, 0) is 21.1 Å². The third-order valence-electron chi connectivity index (χ3n) is 2.77. The van der Waals surface area contributed by atoms with E-state index in [1.165, 1.54) is 0 Å². The highest BCUT2D eigenvalue weighted by atomic mass is 32.2. The quantitative estimate of drug-likeness (QED) is 0.878. The van der Waals surface area contributed by atoms with Crippen LogP contribution in [0.1, 0.15) is 12.0 Å². The minimum Gasteiger partial charge on any atom is -0.489 e. The summed E-state index contributed by atoms with van der Waals surface area (Å²) in [5, 5.41) is 8.63. The van der Waals surface area contributed by atoms with Crippen molar-refractivity contribution in [3.63, 3.8) is 0 Å². The Balaban J connectivity index is 1.97. The lowest BCUT2D eigenvalue weighted by Gasteiger charge is -2.12. The molecule has 1 aromatic rings. The Morgan fingerprint density at radius 3 is 2.50 bits per heavy atom. The fourth-order valence-electron chi connectivity index (χ4n) is 1.91. The number of benzene rings is 1. The average molecular weight is 270 g/mol. The minimum absolute atomic E-state index is 0.0297. The third kappa shape index (κ3) is 3.46. The Morgan fingerprint density at radius 2 is 2.00 bits per heavy atom. The number of carboxylic acid groups (broad SMARTS) is 1. The van der Waals surface area contributed by atoms with Gasteiger partial charge in [-0.1, -0.05) is 12.1 Å². The van der Waals surface area contributed by atoms with Crippen molar-refractivity contribution < 1.29 is 23.1 Å². The minimum atomic E-state index is -2.94. The summed E-state index contributed by atoms with van der Waals surface area (Å²) >= 11 is 0. The molecule has 0 radical (unpaired) electrons. The Labute approximate surface area is 105 Å². The summed E-state index contributed by atoms with van der Waals surface area (Å²) in [7, 11) is -2.94. The van der Waals surface area contributed by atoms with Crippen LogP contribution in [0, 0.1) is 0 Å². The molecule has 0 spiro atoms. The molecule has 1 aliphatic heterocycles. The molecular weight excluding hydrogens is 256 g/mol. The van der Waals surface area contributed by atoms with Gasteiger partial charge >= 0.3 is 5.97 Å². The number of hydrogen-bond donors (Lipinski definition) is 1. The second kappa shape index (κ2) is 4.97. The number of ether oxygens (including phenoxy) is 1. The van der Waals surface area contributed by atoms with E-state index in [9.17, 15) is 13.2 Å². The van der Waals surface area contributed by atoms with Gasteiger partial charge in [-0.2, -0.15) is 0 Å². The van der Waals surface area contributed by atoms with Crippen LogP contribution in [0.15, 0.2) is 24.3 Å². The molecule has 0 aromatic heterocycles. The van der Waals surface area contributed by atoms with E-state index in [1.54, 1.807) is 24.3 Å². The van der Waals surface area contributed by atoms with Crippen molar-refractivity contribution in [3.05, 3.63) is 29.8 Å². The molecule has 18 heavy (non-hydrogen) atoms. The van der Waals surface area contributed by atoms with E-state index >= 15 is 0 Å². The van der Waals surface area contributed by atoms with Gasteiger partial charge in [0, 0.05) is 0 Å². The maximum atomic E-state index is 11.3. The largest absolute Gasteiger partial charge is 0.489 e. The summed E-state index contributed by atoms with van der Waals surface area (Å²) in [6, 6.07) is 6.69. The van der Waals surface area contributed by atoms with Gasteiger partial charge in [-0.25, -0.2) is 8.42 Å². The Bertz CT molecular complexity index is 532. The predicted molar refractivity (Wildman–Crippen MR) is 65.5 cm³/mol. The van der Waals surface area contributed by atoms with E-state index < -0.39 is 15.8 Å².